The van der Waals surface area contributed by atoms with Gasteiger partial charge in [-0.05, 0) is 44.0 Å². The van der Waals surface area contributed by atoms with E-state index in [-0.39, 0.29) is 51.7 Å². The Balaban J connectivity index is 0.00000106. The van der Waals surface area contributed by atoms with Crippen LogP contribution in [0.3, 0.4) is 0 Å². The molecule has 0 aromatic heterocycles. The Kier molecular flexibility index (Phi) is 16.1. The van der Waals surface area contributed by atoms with E-state index >= 15 is 0 Å². The number of aromatic carboxylic acids is 1. The summed E-state index contributed by atoms with van der Waals surface area (Å²) in [6.45, 7) is 6.98. The van der Waals surface area contributed by atoms with Gasteiger partial charge in [-0.15, -0.1) is 47.2 Å². The molecule has 0 saturated carbocycles. The molecule has 2 aromatic carbocycles. The second kappa shape index (κ2) is 17.2. The van der Waals surface area contributed by atoms with Crippen LogP contribution in [0.1, 0.15) is 47.8 Å². The first-order chi connectivity index (χ1) is 17.5. The van der Waals surface area contributed by atoms with Crippen molar-refractivity contribution in [2.24, 2.45) is 0 Å². The third-order valence-electron chi connectivity index (χ3n) is 5.36. The molecular weight excluding hydrogens is 584 g/mol. The molecule has 9 nitrogen and oxygen atoms in total. The number of nitrogens with zero attached hydrogens (tertiary/aromatic N) is 1. The number of halogens is 4. The number of carbonyl (C=O) groups excluding carboxylic acids is 2. The lowest BCUT2D eigenvalue weighted by molar-refractivity contribution is 0.0681. The third-order valence-corrected chi connectivity index (χ3v) is 5.87. The van der Waals surface area contributed by atoms with Crippen molar-refractivity contribution in [1.82, 2.24) is 4.90 Å². The Morgan fingerprint density at radius 1 is 0.895 bits per heavy atom. The number of esters is 1. The summed E-state index contributed by atoms with van der Waals surface area (Å²) in [5, 5.41) is 29.5. The van der Waals surface area contributed by atoms with Crippen LogP contribution in [0.25, 0.3) is 0 Å². The van der Waals surface area contributed by atoms with Gasteiger partial charge in [0.1, 0.15) is 34.1 Å². The molecule has 2 aromatic rings. The molecule has 0 spiro atoms. The maximum Gasteiger partial charge on any atom is 0.347 e. The van der Waals surface area contributed by atoms with Crippen LogP contribution >= 0.6 is 47.2 Å². The normalized spacial score (nSPS) is 10.2. The molecule has 0 aliphatic carbocycles. The van der Waals surface area contributed by atoms with Gasteiger partial charge < -0.3 is 24.8 Å². The van der Waals surface area contributed by atoms with Crippen molar-refractivity contribution in [1.29, 1.82) is 0 Å². The molecule has 0 heterocycles. The van der Waals surface area contributed by atoms with Crippen molar-refractivity contribution in [3.8, 4) is 23.0 Å². The number of phenols is 2. The number of aldehydes is 1. The molecule has 2 rings (SSSR count). The fraction of sp³-hybridized carbons (Fsp3) is 0.400. The minimum atomic E-state index is -1.38. The van der Waals surface area contributed by atoms with E-state index in [0.717, 1.165) is 19.6 Å². The van der Waals surface area contributed by atoms with Gasteiger partial charge in [-0.25, -0.2) is 9.59 Å². The molecule has 0 saturated heterocycles. The van der Waals surface area contributed by atoms with Crippen LogP contribution in [0.15, 0.2) is 12.1 Å². The topological polar surface area (TPSA) is 134 Å². The zero-order chi connectivity index (χ0) is 28.3. The summed E-state index contributed by atoms with van der Waals surface area (Å²) in [4.78, 5) is 37.3. The Hall–Kier alpha value is -2.43. The number of ether oxygens (including phenoxy) is 2. The standard InChI is InChI=1S/C19H18O8.C6H12Cl3N.ClH/c1-8-5-13(26-4)11(7-20)17(22)14(8)19(25)27-12-6-9(2)16(21)15(10(12)3)18(23)24;7-1-4-10(5-2-8)6-3-9;/h5-7,21-22H,1-4H3,(H,23,24);1-6H2;1H. The van der Waals surface area contributed by atoms with Gasteiger partial charge in [-0.2, -0.15) is 0 Å². The lowest BCUT2D eigenvalue weighted by Gasteiger charge is -2.17. The molecular formula is C25H31Cl4NO8. The number of phenolic OH excluding ortho intramolecular Hbond substituents is 1. The minimum Gasteiger partial charge on any atom is -0.507 e. The number of carboxylic acid groups (broad SMARTS) is 1. The molecule has 0 radical (unpaired) electrons. The first-order valence-electron chi connectivity index (χ1n) is 11.0. The highest BCUT2D eigenvalue weighted by Gasteiger charge is 2.26. The van der Waals surface area contributed by atoms with Crippen LogP contribution < -0.4 is 9.47 Å². The summed E-state index contributed by atoms with van der Waals surface area (Å²) in [7, 11) is 1.31. The van der Waals surface area contributed by atoms with Crippen molar-refractivity contribution < 1.29 is 39.2 Å². The van der Waals surface area contributed by atoms with Crippen molar-refractivity contribution in [3.63, 3.8) is 0 Å². The first kappa shape index (κ1) is 35.6. The largest absolute Gasteiger partial charge is 0.507 e. The van der Waals surface area contributed by atoms with Crippen molar-refractivity contribution in [2.75, 3.05) is 44.4 Å². The predicted molar refractivity (Wildman–Crippen MR) is 150 cm³/mol. The fourth-order valence-corrected chi connectivity index (χ4v) is 4.13. The number of carboxylic acids is 1. The molecule has 212 valence electrons. The van der Waals surface area contributed by atoms with Crippen molar-refractivity contribution >= 4 is 65.4 Å². The maximum absolute atomic E-state index is 12.6. The van der Waals surface area contributed by atoms with E-state index in [1.165, 1.54) is 40.0 Å². The highest BCUT2D eigenvalue weighted by atomic mass is 35.5. The average molecular weight is 615 g/mol. The van der Waals surface area contributed by atoms with E-state index < -0.39 is 23.4 Å². The van der Waals surface area contributed by atoms with E-state index in [9.17, 15) is 29.7 Å². The number of benzene rings is 2. The Morgan fingerprint density at radius 3 is 1.82 bits per heavy atom. The fourth-order valence-electron chi connectivity index (χ4n) is 3.41. The van der Waals surface area contributed by atoms with Gasteiger partial charge in [0.25, 0.3) is 0 Å². The number of hydrogen-bond acceptors (Lipinski definition) is 8. The molecule has 0 amide bonds. The van der Waals surface area contributed by atoms with Crippen LogP contribution in [0, 0.1) is 20.8 Å². The highest BCUT2D eigenvalue weighted by Crippen LogP contribution is 2.36. The Labute approximate surface area is 242 Å². The maximum atomic E-state index is 12.6. The summed E-state index contributed by atoms with van der Waals surface area (Å²) in [5.41, 5.74) is -0.307. The molecule has 13 heteroatoms. The average Bonchev–Trinajstić information content (AvgIpc) is 2.83. The van der Waals surface area contributed by atoms with Crippen LogP contribution in [-0.4, -0.2) is 82.8 Å². The van der Waals surface area contributed by atoms with Crippen LogP contribution in [-0.2, 0) is 0 Å². The third kappa shape index (κ3) is 9.10. The molecule has 0 aliphatic rings. The summed E-state index contributed by atoms with van der Waals surface area (Å²) < 4.78 is 10.3. The number of alkyl halides is 3. The number of aryl methyl sites for hydroxylation is 2. The lowest BCUT2D eigenvalue weighted by atomic mass is 10.0. The zero-order valence-electron chi connectivity index (χ0n) is 21.3. The SMILES string of the molecule is COc1cc(C)c(C(=O)Oc2cc(C)c(O)c(C(=O)O)c2C)c(O)c1C=O.Cl.ClCCN(CCCl)CCCl. The molecule has 0 bridgehead atoms. The lowest BCUT2D eigenvalue weighted by Crippen LogP contribution is -2.29. The minimum absolute atomic E-state index is 0. The number of rotatable bonds is 11. The monoisotopic (exact) mass is 613 g/mol. The summed E-state index contributed by atoms with van der Waals surface area (Å²) in [6, 6.07) is 2.71. The van der Waals surface area contributed by atoms with Crippen LogP contribution in [0.4, 0.5) is 0 Å². The summed E-state index contributed by atoms with van der Waals surface area (Å²) >= 11 is 16.6. The van der Waals surface area contributed by atoms with Gasteiger partial charge in [0, 0.05) is 42.8 Å². The molecule has 0 aliphatic heterocycles. The number of carbonyl (C=O) groups is 3. The molecule has 38 heavy (non-hydrogen) atoms. The van der Waals surface area contributed by atoms with E-state index in [4.69, 9.17) is 44.3 Å². The Bertz CT molecular complexity index is 1110. The second-order valence-electron chi connectivity index (χ2n) is 7.79. The van der Waals surface area contributed by atoms with Gasteiger partial charge in [-0.1, -0.05) is 0 Å². The zero-order valence-corrected chi connectivity index (χ0v) is 24.4. The van der Waals surface area contributed by atoms with Gasteiger partial charge in [-0.3, -0.25) is 9.69 Å². The molecule has 0 unspecified atom stereocenters. The molecule has 3 N–H and O–H groups in total. The number of methoxy groups -OCH3 is 1. The van der Waals surface area contributed by atoms with Crippen LogP contribution in [0.2, 0.25) is 0 Å². The van der Waals surface area contributed by atoms with E-state index in [2.05, 4.69) is 4.90 Å². The summed E-state index contributed by atoms with van der Waals surface area (Å²) in [5.74, 6) is -1.44. The highest BCUT2D eigenvalue weighted by molar-refractivity contribution is 6.18. The van der Waals surface area contributed by atoms with Gasteiger partial charge in [0.2, 0.25) is 0 Å². The van der Waals surface area contributed by atoms with E-state index in [1.54, 1.807) is 0 Å². The summed E-state index contributed by atoms with van der Waals surface area (Å²) in [6.07, 6.45) is 0.350. The van der Waals surface area contributed by atoms with Gasteiger partial charge >= 0.3 is 11.9 Å². The van der Waals surface area contributed by atoms with Gasteiger partial charge in [0.05, 0.1) is 12.7 Å². The second-order valence-corrected chi connectivity index (χ2v) is 8.93. The smallest absolute Gasteiger partial charge is 0.347 e. The van der Waals surface area contributed by atoms with E-state index in [0.29, 0.717) is 29.5 Å². The first-order valence-corrected chi connectivity index (χ1v) is 12.6. The molecule has 0 fully saturated rings. The number of hydrogen-bond donors (Lipinski definition) is 3. The molecule has 0 atom stereocenters. The van der Waals surface area contributed by atoms with Crippen molar-refractivity contribution in [3.05, 3.63) is 45.5 Å². The predicted octanol–water partition coefficient (Wildman–Crippen LogP) is 5.19. The van der Waals surface area contributed by atoms with E-state index in [1.807, 2.05) is 0 Å². The van der Waals surface area contributed by atoms with Crippen molar-refractivity contribution in [2.45, 2.75) is 20.8 Å². The van der Waals surface area contributed by atoms with Crippen LogP contribution in [0.5, 0.6) is 23.0 Å². The number of aromatic hydroxyl groups is 2. The quantitative estimate of drug-likeness (QED) is 0.135. The van der Waals surface area contributed by atoms with Gasteiger partial charge in [0.15, 0.2) is 6.29 Å². The Morgan fingerprint density at radius 2 is 1.39 bits per heavy atom.